The number of hydrogen-bond acceptors (Lipinski definition) is 4. The quantitative estimate of drug-likeness (QED) is 0.583. The van der Waals surface area contributed by atoms with Crippen LogP contribution in [0.5, 0.6) is 5.75 Å². The molecule has 0 saturated carbocycles. The molecule has 4 aliphatic carbocycles. The second-order valence-corrected chi connectivity index (χ2v) is 11.8. The topological polar surface area (TPSA) is 52.6 Å². The Labute approximate surface area is 216 Å². The van der Waals surface area contributed by atoms with Crippen molar-refractivity contribution in [3.05, 3.63) is 97.8 Å². The van der Waals surface area contributed by atoms with E-state index in [1.807, 2.05) is 24.3 Å². The molecule has 0 spiro atoms. The maximum Gasteiger partial charge on any atom is 0.271 e. The number of fused-ring (bicyclic) bond motifs is 7. The highest BCUT2D eigenvalue weighted by Gasteiger charge is 2.30. The van der Waals surface area contributed by atoms with Gasteiger partial charge in [0.05, 0.1) is 6.61 Å². The molecular formula is C32H28O4S. The maximum atomic E-state index is 12.4. The Hall–Kier alpha value is -3.41. The van der Waals surface area contributed by atoms with Gasteiger partial charge in [-0.25, -0.2) is 0 Å². The van der Waals surface area contributed by atoms with E-state index in [1.54, 1.807) is 12.5 Å². The number of ether oxygens (including phenoxy) is 1. The van der Waals surface area contributed by atoms with Gasteiger partial charge in [0.2, 0.25) is 0 Å². The normalized spacial score (nSPS) is 22.2. The zero-order valence-electron chi connectivity index (χ0n) is 20.7. The molecule has 5 aliphatic rings. The summed E-state index contributed by atoms with van der Waals surface area (Å²) in [5, 5.41) is 4.53. The lowest BCUT2D eigenvalue weighted by Crippen LogP contribution is -2.37. The van der Waals surface area contributed by atoms with Crippen molar-refractivity contribution in [2.45, 2.75) is 38.2 Å². The van der Waals surface area contributed by atoms with Crippen LogP contribution in [0.15, 0.2) is 60.2 Å². The summed E-state index contributed by atoms with van der Waals surface area (Å²) >= 11 is 0. The van der Waals surface area contributed by atoms with E-state index in [0.717, 1.165) is 46.6 Å². The summed E-state index contributed by atoms with van der Waals surface area (Å²) in [6.45, 7) is 1.82. The molecule has 0 saturated heterocycles. The molecule has 0 N–H and O–H groups in total. The fraction of sp³-hybridized carbons (Fsp3) is 0.250. The summed E-state index contributed by atoms with van der Waals surface area (Å²) in [7, 11) is -3.64. The molecule has 7 rings (SSSR count). The molecule has 2 aromatic rings. The lowest BCUT2D eigenvalue weighted by atomic mass is 9.81. The standard InChI is InChI=1S/C32H28O4S/c1-2-35-37(33,34)19-22-11-10-21-13-17-30-29(32(21)22)18-31(36-30)28-9-5-8-24-26-14-12-20-6-3-4-7-23(20)25(26)15-16-27(24)28/h4-5,7-11,13-18,28,31H,2-3,6,12,19H2,1H3/t28?,31-/m0/s1. The number of rotatable bonds is 5. The van der Waals surface area contributed by atoms with Gasteiger partial charge in [0.15, 0.2) is 0 Å². The molecule has 0 amide bonds. The minimum absolute atomic E-state index is 0.0731. The lowest BCUT2D eigenvalue weighted by molar-refractivity contribution is 0.258. The van der Waals surface area contributed by atoms with Crippen molar-refractivity contribution >= 4 is 45.6 Å². The summed E-state index contributed by atoms with van der Waals surface area (Å²) in [6, 6.07) is 8.55. The van der Waals surface area contributed by atoms with Crippen molar-refractivity contribution in [1.29, 1.82) is 0 Å². The molecule has 1 unspecified atom stereocenters. The summed E-state index contributed by atoms with van der Waals surface area (Å²) in [5.74, 6) is 0.730. The Kier molecular flexibility index (Phi) is 5.27. The minimum atomic E-state index is -3.64. The first kappa shape index (κ1) is 22.8. The molecule has 186 valence electrons. The average Bonchev–Trinajstić information content (AvgIpc) is 3.51. The first-order valence-electron chi connectivity index (χ1n) is 13.0. The van der Waals surface area contributed by atoms with Crippen molar-refractivity contribution in [3.8, 4) is 5.75 Å². The van der Waals surface area contributed by atoms with Crippen molar-refractivity contribution in [2.75, 3.05) is 12.4 Å². The van der Waals surface area contributed by atoms with Gasteiger partial charge in [-0.3, -0.25) is 4.18 Å². The SMILES string of the molecule is CCOS(=O)(=O)CC1=c2c(ccc3c2=C[C@@H](C2C=CC=c4c2ccc2c4=CCC4=C2C=CCC4)O3)C=C1. The Bertz CT molecular complexity index is 1830. The van der Waals surface area contributed by atoms with Crippen LogP contribution in [0.4, 0.5) is 0 Å². The van der Waals surface area contributed by atoms with Crippen LogP contribution in [-0.4, -0.2) is 26.9 Å². The van der Waals surface area contributed by atoms with Gasteiger partial charge in [0.1, 0.15) is 17.6 Å². The lowest BCUT2D eigenvalue weighted by Gasteiger charge is -2.26. The summed E-state index contributed by atoms with van der Waals surface area (Å²) in [4.78, 5) is 0. The predicted octanol–water partition coefficient (Wildman–Crippen LogP) is 3.19. The molecule has 2 aromatic carbocycles. The minimum Gasteiger partial charge on any atom is -0.485 e. The van der Waals surface area contributed by atoms with Gasteiger partial charge in [0.25, 0.3) is 10.1 Å². The molecule has 0 radical (unpaired) electrons. The van der Waals surface area contributed by atoms with Gasteiger partial charge in [-0.05, 0) is 81.8 Å². The number of hydrogen-bond donors (Lipinski definition) is 0. The van der Waals surface area contributed by atoms with E-state index in [2.05, 4.69) is 54.7 Å². The van der Waals surface area contributed by atoms with Crippen LogP contribution in [0.1, 0.15) is 48.8 Å². The van der Waals surface area contributed by atoms with E-state index < -0.39 is 10.1 Å². The monoisotopic (exact) mass is 508 g/mol. The molecule has 1 heterocycles. The molecule has 4 nitrogen and oxygen atoms in total. The second kappa shape index (κ2) is 8.57. The van der Waals surface area contributed by atoms with E-state index in [4.69, 9.17) is 8.92 Å². The van der Waals surface area contributed by atoms with Crippen LogP contribution in [0.25, 0.3) is 35.5 Å². The Morgan fingerprint density at radius 2 is 1.97 bits per heavy atom. The van der Waals surface area contributed by atoms with Gasteiger partial charge in [-0.15, -0.1) is 0 Å². The van der Waals surface area contributed by atoms with Crippen LogP contribution in [0, 0.1) is 0 Å². The van der Waals surface area contributed by atoms with Crippen molar-refractivity contribution in [2.24, 2.45) is 0 Å². The van der Waals surface area contributed by atoms with Gasteiger partial charge in [0, 0.05) is 11.1 Å². The number of benzene rings is 2. The third kappa shape index (κ3) is 3.72. The number of allylic oxidation sites excluding steroid dienone is 6. The van der Waals surface area contributed by atoms with E-state index in [1.165, 1.54) is 27.1 Å². The average molecular weight is 509 g/mol. The summed E-state index contributed by atoms with van der Waals surface area (Å²) < 4.78 is 36.3. The highest BCUT2D eigenvalue weighted by Crippen LogP contribution is 2.33. The first-order chi connectivity index (χ1) is 18.0. The highest BCUT2D eigenvalue weighted by molar-refractivity contribution is 7.87. The molecule has 0 fully saturated rings. The third-order valence-electron chi connectivity index (χ3n) is 7.98. The second-order valence-electron chi connectivity index (χ2n) is 10.1. The first-order valence-corrected chi connectivity index (χ1v) is 14.6. The van der Waals surface area contributed by atoms with Gasteiger partial charge in [-0.1, -0.05) is 72.4 Å². The predicted molar refractivity (Wildman–Crippen MR) is 149 cm³/mol. The zero-order chi connectivity index (χ0) is 25.1. The Balaban J connectivity index is 1.31. The summed E-state index contributed by atoms with van der Waals surface area (Å²) in [6.07, 6.45) is 22.8. The molecule has 0 bridgehead atoms. The van der Waals surface area contributed by atoms with Gasteiger partial charge in [-0.2, -0.15) is 8.42 Å². The van der Waals surface area contributed by atoms with Crippen LogP contribution in [0.2, 0.25) is 0 Å². The summed E-state index contributed by atoms with van der Waals surface area (Å²) in [5.41, 5.74) is 7.31. The Morgan fingerprint density at radius 3 is 2.86 bits per heavy atom. The third-order valence-corrected chi connectivity index (χ3v) is 9.24. The Morgan fingerprint density at radius 1 is 1.05 bits per heavy atom. The molecule has 0 aromatic heterocycles. The largest absolute Gasteiger partial charge is 0.485 e. The fourth-order valence-electron chi connectivity index (χ4n) is 6.39. The van der Waals surface area contributed by atoms with E-state index >= 15 is 0 Å². The van der Waals surface area contributed by atoms with E-state index in [-0.39, 0.29) is 24.4 Å². The highest BCUT2D eigenvalue weighted by atomic mass is 32.2. The maximum absolute atomic E-state index is 12.4. The molecule has 5 heteroatoms. The fourth-order valence-corrected chi connectivity index (χ4v) is 7.45. The van der Waals surface area contributed by atoms with Crippen molar-refractivity contribution in [1.82, 2.24) is 0 Å². The van der Waals surface area contributed by atoms with E-state index in [9.17, 15) is 8.42 Å². The van der Waals surface area contributed by atoms with E-state index in [0.29, 0.717) is 0 Å². The smallest absolute Gasteiger partial charge is 0.271 e. The molecule has 2 atom stereocenters. The van der Waals surface area contributed by atoms with Crippen LogP contribution >= 0.6 is 0 Å². The zero-order valence-corrected chi connectivity index (χ0v) is 21.6. The molecule has 1 aliphatic heterocycles. The van der Waals surface area contributed by atoms with Crippen LogP contribution < -0.4 is 25.6 Å². The van der Waals surface area contributed by atoms with Crippen LogP contribution in [0.3, 0.4) is 0 Å². The molecule has 37 heavy (non-hydrogen) atoms. The van der Waals surface area contributed by atoms with Gasteiger partial charge < -0.3 is 4.74 Å². The van der Waals surface area contributed by atoms with Gasteiger partial charge >= 0.3 is 0 Å². The van der Waals surface area contributed by atoms with Crippen molar-refractivity contribution < 1.29 is 17.3 Å². The van der Waals surface area contributed by atoms with Crippen molar-refractivity contribution in [3.63, 3.8) is 0 Å². The molecular weight excluding hydrogens is 480 g/mol. The van der Waals surface area contributed by atoms with Crippen LogP contribution in [-0.2, 0) is 14.3 Å².